The van der Waals surface area contributed by atoms with Gasteiger partial charge in [-0.1, -0.05) is 0 Å². The molecule has 0 saturated heterocycles. The lowest BCUT2D eigenvalue weighted by atomic mass is 10.0. The van der Waals surface area contributed by atoms with Crippen molar-refractivity contribution >= 4 is 58.2 Å². The topological polar surface area (TPSA) is 109 Å². The summed E-state index contributed by atoms with van der Waals surface area (Å²) in [6.07, 6.45) is 0. The molecule has 0 fully saturated rings. The van der Waals surface area contributed by atoms with E-state index in [1.165, 1.54) is 0 Å². The van der Waals surface area contributed by atoms with E-state index in [1.54, 1.807) is 0 Å². The normalized spacial score (nSPS) is 10.3. The Morgan fingerprint density at radius 1 is 0.742 bits per heavy atom. The lowest BCUT2D eigenvalue weighted by molar-refractivity contribution is 0.0949. The number of Topliss-reactive ketones (excluding diaryl/α,β-unsaturated/α-hetero) is 2. The maximum Gasteiger partial charge on any atom is 0.176 e. The zero-order chi connectivity index (χ0) is 19.7. The largest absolute Gasteiger partial charge is 0.412 e. The van der Waals surface area contributed by atoms with Crippen LogP contribution in [0.2, 0.25) is 0 Å². The van der Waals surface area contributed by atoms with Gasteiger partial charge in [0.2, 0.25) is 0 Å². The molecule has 4 N–H and O–H groups in total. The molecule has 0 radical (unpaired) electrons. The maximum absolute atomic E-state index is 12.5. The molecule has 0 unspecified atom stereocenters. The van der Waals surface area contributed by atoms with E-state index in [0.717, 1.165) is 28.4 Å². The number of benzene rings is 2. The first-order valence-electron chi connectivity index (χ1n) is 9.23. The summed E-state index contributed by atoms with van der Waals surface area (Å²) in [6, 6.07) is 11.8. The smallest absolute Gasteiger partial charge is 0.176 e. The van der Waals surface area contributed by atoms with Gasteiger partial charge in [-0.05, 0) is 71.5 Å². The summed E-state index contributed by atoms with van der Waals surface area (Å²) in [5.74, 6) is 0.193. The number of aryl methyl sites for hydroxylation is 1. The van der Waals surface area contributed by atoms with Crippen LogP contribution in [0, 0.1) is 0 Å². The molecule has 3 rings (SSSR count). The number of aromatic nitrogens is 1. The highest BCUT2D eigenvalue weighted by Gasteiger charge is 2.16. The van der Waals surface area contributed by atoms with Crippen molar-refractivity contribution in [3.8, 4) is 0 Å². The van der Waals surface area contributed by atoms with Gasteiger partial charge in [0.25, 0.3) is 0 Å². The van der Waals surface area contributed by atoms with Gasteiger partial charge in [0.15, 0.2) is 11.6 Å². The molecule has 7 nitrogen and oxygen atoms in total. The number of carbonyl (C=O) groups excluding carboxylic acids is 2. The van der Waals surface area contributed by atoms with Crippen molar-refractivity contribution in [2.45, 2.75) is 13.5 Å². The highest BCUT2D eigenvalue weighted by molar-refractivity contribution is 6.13. The van der Waals surface area contributed by atoms with Gasteiger partial charge in [0.1, 0.15) is 0 Å². The molecule has 0 aliphatic carbocycles. The van der Waals surface area contributed by atoms with E-state index in [-0.39, 0.29) is 47.3 Å². The van der Waals surface area contributed by atoms with Gasteiger partial charge in [-0.2, -0.15) is 0 Å². The molecule has 0 saturated carbocycles. The Kier molecular flexibility index (Phi) is 12.8. The quantitative estimate of drug-likeness (QED) is 0.490. The first-order valence-corrected chi connectivity index (χ1v) is 9.23. The molecule has 1 aromatic heterocycles. The number of fused-ring (bicyclic) bond motifs is 3. The third-order valence-electron chi connectivity index (χ3n) is 4.74. The fourth-order valence-electron chi connectivity index (χ4n) is 3.55. The second-order valence-electron chi connectivity index (χ2n) is 7.53. The second kappa shape index (κ2) is 12.8. The number of nitrogens with zero attached hydrogens (tertiary/aromatic N) is 3. The minimum absolute atomic E-state index is 0. The summed E-state index contributed by atoms with van der Waals surface area (Å²) >= 11 is 0. The van der Waals surface area contributed by atoms with Crippen LogP contribution >= 0.6 is 24.8 Å². The SMILES string of the molecule is CCn1c2ccc(C(=O)CN(C)C)cc2c2cc(C(=O)CN(C)C)ccc21.Cl.Cl.O.O. The van der Waals surface area contributed by atoms with Crippen LogP contribution in [0.1, 0.15) is 27.6 Å². The van der Waals surface area contributed by atoms with Gasteiger partial charge in [-0.3, -0.25) is 9.59 Å². The van der Waals surface area contributed by atoms with Crippen LogP contribution in [0.4, 0.5) is 0 Å². The molecule has 2 aromatic carbocycles. The lowest BCUT2D eigenvalue weighted by Gasteiger charge is -2.09. The lowest BCUT2D eigenvalue weighted by Crippen LogP contribution is -2.21. The average Bonchev–Trinajstić information content (AvgIpc) is 2.92. The fraction of sp³-hybridized carbons (Fsp3) is 0.364. The van der Waals surface area contributed by atoms with Gasteiger partial charge in [0, 0.05) is 39.5 Å². The molecule has 1 heterocycles. The molecule has 0 aliphatic rings. The van der Waals surface area contributed by atoms with Gasteiger partial charge in [-0.25, -0.2) is 0 Å². The van der Waals surface area contributed by atoms with Crippen molar-refractivity contribution in [2.24, 2.45) is 0 Å². The fourth-order valence-corrected chi connectivity index (χ4v) is 3.55. The molecule has 0 bridgehead atoms. The maximum atomic E-state index is 12.5. The van der Waals surface area contributed by atoms with Crippen LogP contribution in [0.15, 0.2) is 36.4 Å². The van der Waals surface area contributed by atoms with Crippen LogP contribution in [-0.4, -0.2) is 78.2 Å². The first-order chi connectivity index (χ1) is 12.8. The number of likely N-dealkylation sites (N-methyl/N-ethyl adjacent to an activating group) is 2. The van der Waals surface area contributed by atoms with Crippen molar-refractivity contribution in [2.75, 3.05) is 41.3 Å². The summed E-state index contributed by atoms with van der Waals surface area (Å²) in [5.41, 5.74) is 3.59. The number of hydrogen-bond acceptors (Lipinski definition) is 4. The van der Waals surface area contributed by atoms with Crippen LogP contribution < -0.4 is 0 Å². The van der Waals surface area contributed by atoms with Gasteiger partial charge in [0.05, 0.1) is 13.1 Å². The van der Waals surface area contributed by atoms with Crippen molar-refractivity contribution < 1.29 is 20.5 Å². The zero-order valence-electron chi connectivity index (χ0n) is 18.6. The molecule has 0 spiro atoms. The van der Waals surface area contributed by atoms with Crippen LogP contribution in [0.25, 0.3) is 21.8 Å². The molecular weight excluding hydrogens is 441 g/mol. The Labute approximate surface area is 195 Å². The predicted octanol–water partition coefficient (Wildman–Crippen LogP) is 2.50. The molecule has 31 heavy (non-hydrogen) atoms. The second-order valence-corrected chi connectivity index (χ2v) is 7.53. The molecule has 0 atom stereocenters. The Morgan fingerprint density at radius 2 is 1.10 bits per heavy atom. The van der Waals surface area contributed by atoms with E-state index in [2.05, 4.69) is 11.5 Å². The van der Waals surface area contributed by atoms with Crippen molar-refractivity contribution in [3.63, 3.8) is 0 Å². The third-order valence-corrected chi connectivity index (χ3v) is 4.74. The minimum atomic E-state index is 0. The van der Waals surface area contributed by atoms with E-state index < -0.39 is 0 Å². The summed E-state index contributed by atoms with van der Waals surface area (Å²) < 4.78 is 2.23. The van der Waals surface area contributed by atoms with Crippen LogP contribution in [-0.2, 0) is 6.54 Å². The number of ketones is 2. The Bertz CT molecular complexity index is 953. The number of carbonyl (C=O) groups is 2. The Hall–Kier alpha value is -2.00. The minimum Gasteiger partial charge on any atom is -0.412 e. The van der Waals surface area contributed by atoms with E-state index in [1.807, 2.05) is 74.4 Å². The van der Waals surface area contributed by atoms with E-state index >= 15 is 0 Å². The molecular formula is C22H33Cl2N3O4. The van der Waals surface area contributed by atoms with E-state index in [9.17, 15) is 9.59 Å². The summed E-state index contributed by atoms with van der Waals surface area (Å²) in [4.78, 5) is 28.7. The summed E-state index contributed by atoms with van der Waals surface area (Å²) in [7, 11) is 7.56. The van der Waals surface area contributed by atoms with Crippen molar-refractivity contribution in [1.82, 2.24) is 14.4 Å². The number of hydrogen-bond donors (Lipinski definition) is 0. The van der Waals surface area contributed by atoms with Crippen molar-refractivity contribution in [3.05, 3.63) is 47.5 Å². The van der Waals surface area contributed by atoms with E-state index in [0.29, 0.717) is 24.2 Å². The molecule has 0 aliphatic heterocycles. The Morgan fingerprint density at radius 3 is 1.39 bits per heavy atom. The van der Waals surface area contributed by atoms with Crippen molar-refractivity contribution in [1.29, 1.82) is 0 Å². The summed E-state index contributed by atoms with van der Waals surface area (Å²) in [6.45, 7) is 3.69. The Balaban J connectivity index is 0. The third kappa shape index (κ3) is 6.49. The highest BCUT2D eigenvalue weighted by atomic mass is 35.5. The van der Waals surface area contributed by atoms with Crippen LogP contribution in [0.3, 0.4) is 0 Å². The van der Waals surface area contributed by atoms with Gasteiger partial charge >= 0.3 is 0 Å². The average molecular weight is 474 g/mol. The first kappa shape index (κ1) is 31.2. The molecule has 9 heteroatoms. The van der Waals surface area contributed by atoms with Gasteiger partial charge < -0.3 is 25.3 Å². The monoisotopic (exact) mass is 473 g/mol. The molecule has 174 valence electrons. The number of halogens is 2. The number of rotatable bonds is 7. The van der Waals surface area contributed by atoms with E-state index in [4.69, 9.17) is 0 Å². The van der Waals surface area contributed by atoms with Gasteiger partial charge in [-0.15, -0.1) is 24.8 Å². The molecule has 0 amide bonds. The highest BCUT2D eigenvalue weighted by Crippen LogP contribution is 2.31. The molecule has 3 aromatic rings. The zero-order valence-corrected chi connectivity index (χ0v) is 20.2. The predicted molar refractivity (Wildman–Crippen MR) is 133 cm³/mol. The van der Waals surface area contributed by atoms with Crippen LogP contribution in [0.5, 0.6) is 0 Å². The summed E-state index contributed by atoms with van der Waals surface area (Å²) in [5, 5.41) is 2.05. The standard InChI is InChI=1S/C22H27N3O2.2ClH.2H2O/c1-6-25-19-9-7-15(21(26)13-23(2)3)11-17(19)18-12-16(8-10-20(18)25)22(27)14-24(4)5;;;;/h7-12H,6,13-14H2,1-5H3;2*1H;2*1H2.